The lowest BCUT2D eigenvalue weighted by molar-refractivity contribution is 0.348. The summed E-state index contributed by atoms with van der Waals surface area (Å²) >= 11 is 5.86. The first-order valence-corrected chi connectivity index (χ1v) is 5.88. The van der Waals surface area contributed by atoms with Crippen LogP contribution in [0.5, 0.6) is 5.75 Å². The van der Waals surface area contributed by atoms with E-state index in [0.29, 0.717) is 17.3 Å². The second-order valence-electron chi connectivity index (χ2n) is 3.85. The van der Waals surface area contributed by atoms with E-state index >= 15 is 0 Å². The Morgan fingerprint density at radius 1 is 1.44 bits per heavy atom. The van der Waals surface area contributed by atoms with Crippen LogP contribution < -0.4 is 5.32 Å². The van der Waals surface area contributed by atoms with E-state index in [-0.39, 0.29) is 0 Å². The minimum absolute atomic E-state index is 0.292. The van der Waals surface area contributed by atoms with Crippen LogP contribution in [-0.2, 0) is 6.54 Å². The van der Waals surface area contributed by atoms with Gasteiger partial charge in [0.1, 0.15) is 5.75 Å². The average molecular weight is 243 g/mol. The Morgan fingerprint density at radius 3 is 2.88 bits per heavy atom. The molecule has 0 aliphatic heterocycles. The Bertz CT molecular complexity index is 331. The Labute approximate surface area is 102 Å². The van der Waals surface area contributed by atoms with E-state index in [0.717, 1.165) is 25.2 Å². The van der Waals surface area contributed by atoms with Crippen LogP contribution in [0.2, 0.25) is 5.02 Å². The van der Waals surface area contributed by atoms with E-state index < -0.39 is 0 Å². The fourth-order valence-electron chi connectivity index (χ4n) is 1.35. The van der Waals surface area contributed by atoms with Crippen molar-refractivity contribution in [3.63, 3.8) is 0 Å². The minimum Gasteiger partial charge on any atom is -0.508 e. The molecule has 1 aromatic carbocycles. The zero-order valence-corrected chi connectivity index (χ0v) is 10.6. The van der Waals surface area contributed by atoms with E-state index in [1.165, 1.54) is 0 Å². The molecule has 0 heterocycles. The Hall–Kier alpha value is -0.770. The highest BCUT2D eigenvalue weighted by atomic mass is 35.5. The molecule has 16 heavy (non-hydrogen) atoms. The highest BCUT2D eigenvalue weighted by Gasteiger charge is 2.01. The van der Waals surface area contributed by atoms with Gasteiger partial charge < -0.3 is 15.3 Å². The number of aromatic hydroxyl groups is 1. The van der Waals surface area contributed by atoms with Crippen molar-refractivity contribution < 1.29 is 5.11 Å². The molecule has 1 rings (SSSR count). The van der Waals surface area contributed by atoms with E-state index in [1.54, 1.807) is 18.2 Å². The predicted molar refractivity (Wildman–Crippen MR) is 68.0 cm³/mol. The molecule has 0 atom stereocenters. The van der Waals surface area contributed by atoms with Crippen molar-refractivity contribution in [1.82, 2.24) is 10.2 Å². The van der Waals surface area contributed by atoms with Gasteiger partial charge in [0, 0.05) is 30.2 Å². The lowest BCUT2D eigenvalue weighted by Gasteiger charge is -2.14. The van der Waals surface area contributed by atoms with Crippen molar-refractivity contribution in [2.45, 2.75) is 13.5 Å². The molecule has 0 aliphatic rings. The molecular formula is C12H19ClN2O. The number of hydrogen-bond donors (Lipinski definition) is 2. The van der Waals surface area contributed by atoms with E-state index in [9.17, 15) is 5.11 Å². The van der Waals surface area contributed by atoms with Crippen molar-refractivity contribution in [1.29, 1.82) is 0 Å². The van der Waals surface area contributed by atoms with Gasteiger partial charge >= 0.3 is 0 Å². The first-order valence-electron chi connectivity index (χ1n) is 5.50. The second-order valence-corrected chi connectivity index (χ2v) is 4.28. The van der Waals surface area contributed by atoms with Crippen LogP contribution in [0.25, 0.3) is 0 Å². The van der Waals surface area contributed by atoms with Crippen LogP contribution in [0.3, 0.4) is 0 Å². The van der Waals surface area contributed by atoms with Gasteiger partial charge in [-0.1, -0.05) is 18.5 Å². The fraction of sp³-hybridized carbons (Fsp3) is 0.500. The summed E-state index contributed by atoms with van der Waals surface area (Å²) in [6.07, 6.45) is 0. The monoisotopic (exact) mass is 242 g/mol. The molecule has 1 aromatic rings. The van der Waals surface area contributed by atoms with E-state index in [1.807, 2.05) is 0 Å². The van der Waals surface area contributed by atoms with Crippen LogP contribution >= 0.6 is 11.6 Å². The molecule has 90 valence electrons. The zero-order valence-electron chi connectivity index (χ0n) is 9.83. The SMILES string of the molecule is CCN(C)CCNCc1cc(Cl)ccc1O. The standard InChI is InChI=1S/C12H19ClN2O/c1-3-15(2)7-6-14-9-10-8-11(13)4-5-12(10)16/h4-5,8,14,16H,3,6-7,9H2,1-2H3. The summed E-state index contributed by atoms with van der Waals surface area (Å²) in [5, 5.41) is 13.5. The van der Waals surface area contributed by atoms with Gasteiger partial charge in [-0.2, -0.15) is 0 Å². The smallest absolute Gasteiger partial charge is 0.120 e. The number of halogens is 1. The maximum Gasteiger partial charge on any atom is 0.120 e. The van der Waals surface area contributed by atoms with Gasteiger partial charge in [0.15, 0.2) is 0 Å². The van der Waals surface area contributed by atoms with Crippen LogP contribution in [0, 0.1) is 0 Å². The average Bonchev–Trinajstić information content (AvgIpc) is 2.28. The molecule has 0 fully saturated rings. The molecule has 0 saturated heterocycles. The molecular weight excluding hydrogens is 224 g/mol. The van der Waals surface area contributed by atoms with Crippen molar-refractivity contribution in [3.8, 4) is 5.75 Å². The van der Waals surface area contributed by atoms with Gasteiger partial charge in [0.2, 0.25) is 0 Å². The van der Waals surface area contributed by atoms with Crippen molar-refractivity contribution in [2.24, 2.45) is 0 Å². The van der Waals surface area contributed by atoms with Crippen molar-refractivity contribution in [3.05, 3.63) is 28.8 Å². The number of phenolic OH excluding ortho intramolecular Hbond substituents is 1. The molecule has 0 radical (unpaired) electrons. The highest BCUT2D eigenvalue weighted by Crippen LogP contribution is 2.20. The summed E-state index contributed by atoms with van der Waals surface area (Å²) in [4.78, 5) is 2.23. The number of likely N-dealkylation sites (N-methyl/N-ethyl adjacent to an activating group) is 1. The number of phenols is 1. The van der Waals surface area contributed by atoms with Crippen LogP contribution in [0.4, 0.5) is 0 Å². The molecule has 3 nitrogen and oxygen atoms in total. The van der Waals surface area contributed by atoms with Gasteiger partial charge in [-0.3, -0.25) is 0 Å². The lowest BCUT2D eigenvalue weighted by Crippen LogP contribution is -2.28. The second kappa shape index (κ2) is 6.74. The van der Waals surface area contributed by atoms with E-state index in [2.05, 4.69) is 24.2 Å². The molecule has 0 amide bonds. The third-order valence-electron chi connectivity index (χ3n) is 2.57. The molecule has 4 heteroatoms. The Balaban J connectivity index is 2.34. The number of hydrogen-bond acceptors (Lipinski definition) is 3. The fourth-order valence-corrected chi connectivity index (χ4v) is 1.54. The third-order valence-corrected chi connectivity index (χ3v) is 2.80. The normalized spacial score (nSPS) is 11.0. The van der Waals surface area contributed by atoms with Gasteiger partial charge in [-0.05, 0) is 31.8 Å². The van der Waals surface area contributed by atoms with Gasteiger partial charge in [-0.15, -0.1) is 0 Å². The summed E-state index contributed by atoms with van der Waals surface area (Å²) in [7, 11) is 2.08. The molecule has 0 aliphatic carbocycles. The highest BCUT2D eigenvalue weighted by molar-refractivity contribution is 6.30. The third kappa shape index (κ3) is 4.39. The summed E-state index contributed by atoms with van der Waals surface area (Å²) in [5.74, 6) is 0.292. The Morgan fingerprint density at radius 2 is 2.19 bits per heavy atom. The first kappa shape index (κ1) is 13.3. The van der Waals surface area contributed by atoms with Crippen LogP contribution in [-0.4, -0.2) is 36.7 Å². The molecule has 0 bridgehead atoms. The lowest BCUT2D eigenvalue weighted by atomic mass is 10.2. The van der Waals surface area contributed by atoms with Crippen molar-refractivity contribution >= 4 is 11.6 Å². The maximum absolute atomic E-state index is 9.58. The molecule has 0 aromatic heterocycles. The van der Waals surface area contributed by atoms with Gasteiger partial charge in [-0.25, -0.2) is 0 Å². The molecule has 0 spiro atoms. The molecule has 0 unspecified atom stereocenters. The first-order chi connectivity index (χ1) is 7.63. The topological polar surface area (TPSA) is 35.5 Å². The quantitative estimate of drug-likeness (QED) is 0.750. The van der Waals surface area contributed by atoms with Gasteiger partial charge in [0.25, 0.3) is 0 Å². The predicted octanol–water partition coefficient (Wildman–Crippen LogP) is 2.09. The molecule has 2 N–H and O–H groups in total. The van der Waals surface area contributed by atoms with Crippen molar-refractivity contribution in [2.75, 3.05) is 26.7 Å². The number of nitrogens with one attached hydrogen (secondary N) is 1. The zero-order chi connectivity index (χ0) is 12.0. The summed E-state index contributed by atoms with van der Waals surface area (Å²) in [6.45, 7) is 5.71. The van der Waals surface area contributed by atoms with Crippen LogP contribution in [0.15, 0.2) is 18.2 Å². The summed E-state index contributed by atoms with van der Waals surface area (Å²) < 4.78 is 0. The summed E-state index contributed by atoms with van der Waals surface area (Å²) in [6, 6.07) is 5.09. The largest absolute Gasteiger partial charge is 0.508 e. The Kier molecular flexibility index (Phi) is 5.60. The minimum atomic E-state index is 0.292. The number of benzene rings is 1. The number of rotatable bonds is 6. The van der Waals surface area contributed by atoms with Gasteiger partial charge in [0.05, 0.1) is 0 Å². The number of nitrogens with zero attached hydrogens (tertiary/aromatic N) is 1. The van der Waals surface area contributed by atoms with E-state index in [4.69, 9.17) is 11.6 Å². The summed E-state index contributed by atoms with van der Waals surface area (Å²) in [5.41, 5.74) is 0.839. The van der Waals surface area contributed by atoms with Crippen LogP contribution in [0.1, 0.15) is 12.5 Å². The molecule has 0 saturated carbocycles. The maximum atomic E-state index is 9.58.